The summed E-state index contributed by atoms with van der Waals surface area (Å²) in [5, 5.41) is 3.06. The first-order valence-electron chi connectivity index (χ1n) is 6.80. The van der Waals surface area contributed by atoms with Crippen LogP contribution in [0.3, 0.4) is 0 Å². The van der Waals surface area contributed by atoms with Gasteiger partial charge in [0.25, 0.3) is 0 Å². The number of benzene rings is 1. The zero-order valence-electron chi connectivity index (χ0n) is 12.2. The van der Waals surface area contributed by atoms with E-state index in [0.717, 1.165) is 29.0 Å². The summed E-state index contributed by atoms with van der Waals surface area (Å²) in [7, 11) is -1.54. The first-order valence-corrected chi connectivity index (χ1v) is 9.10. The van der Waals surface area contributed by atoms with E-state index in [0.29, 0.717) is 10.8 Å². The highest BCUT2D eigenvalue weighted by Gasteiger charge is 2.16. The molecule has 0 saturated carbocycles. The third kappa shape index (κ3) is 4.64. The Balaban J connectivity index is 2.00. The summed E-state index contributed by atoms with van der Waals surface area (Å²) in [6.45, 7) is 3.16. The highest BCUT2D eigenvalue weighted by Crippen LogP contribution is 2.22. The molecule has 6 heteroatoms. The van der Waals surface area contributed by atoms with Gasteiger partial charge in [-0.1, -0.05) is 29.8 Å². The molecule has 1 aromatic carbocycles. The first-order chi connectivity index (χ1) is 10.0. The van der Waals surface area contributed by atoms with Crippen molar-refractivity contribution in [2.45, 2.75) is 24.1 Å². The topological polar surface area (TPSA) is 58.2 Å². The summed E-state index contributed by atoms with van der Waals surface area (Å²) in [5.41, 5.74) is 2.12. The van der Waals surface area contributed by atoms with Gasteiger partial charge >= 0.3 is 0 Å². The molecule has 0 aliphatic carbocycles. The second-order valence-corrected chi connectivity index (χ2v) is 8.05. The molecule has 1 aromatic heterocycles. The molecular formula is C15H20N2O2S2. The minimum absolute atomic E-state index is 0.312. The van der Waals surface area contributed by atoms with Crippen LogP contribution in [-0.4, -0.2) is 22.0 Å². The Morgan fingerprint density at radius 3 is 2.48 bits per heavy atom. The van der Waals surface area contributed by atoms with Gasteiger partial charge < -0.3 is 5.32 Å². The first kappa shape index (κ1) is 16.2. The molecule has 0 unspecified atom stereocenters. The minimum Gasteiger partial charge on any atom is -0.319 e. The SMILES string of the molecule is CNCCc1ccc(S(=O)(=O)NCc2ccc(C)cc2)s1. The lowest BCUT2D eigenvalue weighted by Crippen LogP contribution is -2.22. The van der Waals surface area contributed by atoms with Crippen LogP contribution in [0.2, 0.25) is 0 Å². The van der Waals surface area contributed by atoms with Gasteiger partial charge in [0.2, 0.25) is 10.0 Å². The molecular weight excluding hydrogens is 304 g/mol. The number of likely N-dealkylation sites (N-methyl/N-ethyl adjacent to an activating group) is 1. The Morgan fingerprint density at radius 2 is 1.81 bits per heavy atom. The lowest BCUT2D eigenvalue weighted by molar-refractivity contribution is 0.583. The maximum Gasteiger partial charge on any atom is 0.250 e. The van der Waals surface area contributed by atoms with E-state index in [4.69, 9.17) is 0 Å². The summed E-state index contributed by atoms with van der Waals surface area (Å²) in [5.74, 6) is 0. The smallest absolute Gasteiger partial charge is 0.250 e. The van der Waals surface area contributed by atoms with Crippen molar-refractivity contribution in [2.75, 3.05) is 13.6 Å². The molecule has 1 heterocycles. The van der Waals surface area contributed by atoms with Gasteiger partial charge in [-0.3, -0.25) is 0 Å². The molecule has 114 valence electrons. The van der Waals surface area contributed by atoms with Crippen molar-refractivity contribution in [1.29, 1.82) is 0 Å². The van der Waals surface area contributed by atoms with E-state index in [2.05, 4.69) is 10.0 Å². The number of thiophene rings is 1. The van der Waals surface area contributed by atoms with Crippen LogP contribution >= 0.6 is 11.3 Å². The Kier molecular flexibility index (Phi) is 5.52. The zero-order chi connectivity index (χ0) is 15.3. The largest absolute Gasteiger partial charge is 0.319 e. The molecule has 0 radical (unpaired) electrons. The van der Waals surface area contributed by atoms with Crippen molar-refractivity contribution in [3.05, 3.63) is 52.4 Å². The van der Waals surface area contributed by atoms with Crippen molar-refractivity contribution in [3.63, 3.8) is 0 Å². The third-order valence-electron chi connectivity index (χ3n) is 3.11. The van der Waals surface area contributed by atoms with E-state index in [1.165, 1.54) is 11.3 Å². The standard InChI is InChI=1S/C15H20N2O2S2/c1-12-3-5-13(6-4-12)11-17-21(18,19)15-8-7-14(20-15)9-10-16-2/h3-8,16-17H,9-11H2,1-2H3. The average molecular weight is 324 g/mol. The van der Waals surface area contributed by atoms with Gasteiger partial charge in [0, 0.05) is 11.4 Å². The number of sulfonamides is 1. The van der Waals surface area contributed by atoms with Crippen LogP contribution in [0.25, 0.3) is 0 Å². The van der Waals surface area contributed by atoms with E-state index in [9.17, 15) is 8.42 Å². The van der Waals surface area contributed by atoms with Gasteiger partial charge in [-0.15, -0.1) is 11.3 Å². The maximum atomic E-state index is 12.2. The molecule has 0 aliphatic rings. The van der Waals surface area contributed by atoms with Crippen LogP contribution in [0.15, 0.2) is 40.6 Å². The average Bonchev–Trinajstić information content (AvgIpc) is 2.94. The lowest BCUT2D eigenvalue weighted by Gasteiger charge is -2.05. The molecule has 0 atom stereocenters. The second-order valence-electron chi connectivity index (χ2n) is 4.88. The van der Waals surface area contributed by atoms with Gasteiger partial charge in [0.15, 0.2) is 0 Å². The Bertz CT molecular complexity index is 676. The maximum absolute atomic E-state index is 12.2. The van der Waals surface area contributed by atoms with Gasteiger partial charge in [0.05, 0.1) is 0 Å². The minimum atomic E-state index is -3.42. The monoisotopic (exact) mass is 324 g/mol. The quantitative estimate of drug-likeness (QED) is 0.821. The number of nitrogens with one attached hydrogen (secondary N) is 2. The molecule has 0 bridgehead atoms. The van der Waals surface area contributed by atoms with Crippen molar-refractivity contribution < 1.29 is 8.42 Å². The number of hydrogen-bond acceptors (Lipinski definition) is 4. The van der Waals surface area contributed by atoms with Crippen molar-refractivity contribution in [1.82, 2.24) is 10.0 Å². The number of hydrogen-bond donors (Lipinski definition) is 2. The van der Waals surface area contributed by atoms with Crippen LogP contribution in [0.4, 0.5) is 0 Å². The van der Waals surface area contributed by atoms with Gasteiger partial charge in [-0.2, -0.15) is 0 Å². The molecule has 21 heavy (non-hydrogen) atoms. The van der Waals surface area contributed by atoms with Crippen LogP contribution < -0.4 is 10.0 Å². The molecule has 2 N–H and O–H groups in total. The third-order valence-corrected chi connectivity index (χ3v) is 6.15. The zero-order valence-corrected chi connectivity index (χ0v) is 13.9. The van der Waals surface area contributed by atoms with Crippen molar-refractivity contribution in [2.24, 2.45) is 0 Å². The number of rotatable bonds is 7. The molecule has 2 aromatic rings. The normalized spacial score (nSPS) is 11.7. The van der Waals surface area contributed by atoms with Crippen molar-refractivity contribution in [3.8, 4) is 0 Å². The lowest BCUT2D eigenvalue weighted by atomic mass is 10.2. The summed E-state index contributed by atoms with van der Waals surface area (Å²) < 4.78 is 27.5. The fraction of sp³-hybridized carbons (Fsp3) is 0.333. The summed E-state index contributed by atoms with van der Waals surface area (Å²) in [6, 6.07) is 11.4. The van der Waals surface area contributed by atoms with Crippen LogP contribution in [0, 0.1) is 6.92 Å². The van der Waals surface area contributed by atoms with E-state index in [1.807, 2.05) is 44.3 Å². The van der Waals surface area contributed by atoms with E-state index in [-0.39, 0.29) is 0 Å². The van der Waals surface area contributed by atoms with E-state index in [1.54, 1.807) is 6.07 Å². The fourth-order valence-electron chi connectivity index (χ4n) is 1.84. The van der Waals surface area contributed by atoms with Crippen molar-refractivity contribution >= 4 is 21.4 Å². The van der Waals surface area contributed by atoms with Gasteiger partial charge in [0.1, 0.15) is 4.21 Å². The predicted molar refractivity (Wildman–Crippen MR) is 87.2 cm³/mol. The highest BCUT2D eigenvalue weighted by atomic mass is 32.2. The summed E-state index contributed by atoms with van der Waals surface area (Å²) >= 11 is 1.33. The fourth-order valence-corrected chi connectivity index (χ4v) is 4.26. The van der Waals surface area contributed by atoms with E-state index < -0.39 is 10.0 Å². The highest BCUT2D eigenvalue weighted by molar-refractivity contribution is 7.91. The second kappa shape index (κ2) is 7.17. The predicted octanol–water partition coefficient (Wildman–Crippen LogP) is 2.30. The molecule has 0 fully saturated rings. The molecule has 2 rings (SSSR count). The summed E-state index contributed by atoms with van der Waals surface area (Å²) in [4.78, 5) is 1.07. The Hall–Kier alpha value is -1.21. The molecule has 0 aliphatic heterocycles. The number of aryl methyl sites for hydroxylation is 1. The Morgan fingerprint density at radius 1 is 1.10 bits per heavy atom. The molecule has 0 saturated heterocycles. The molecule has 0 amide bonds. The van der Waals surface area contributed by atoms with Crippen LogP contribution in [0.1, 0.15) is 16.0 Å². The van der Waals surface area contributed by atoms with Gasteiger partial charge in [-0.05, 0) is 44.6 Å². The van der Waals surface area contributed by atoms with Crippen LogP contribution in [0.5, 0.6) is 0 Å². The summed E-state index contributed by atoms with van der Waals surface area (Å²) in [6.07, 6.45) is 0.842. The molecule has 0 spiro atoms. The molecule has 4 nitrogen and oxygen atoms in total. The van der Waals surface area contributed by atoms with E-state index >= 15 is 0 Å². The van der Waals surface area contributed by atoms with Gasteiger partial charge in [-0.25, -0.2) is 13.1 Å². The van der Waals surface area contributed by atoms with Crippen LogP contribution in [-0.2, 0) is 23.0 Å². The Labute approximate surface area is 130 Å².